The van der Waals surface area contributed by atoms with Crippen molar-refractivity contribution in [1.82, 2.24) is 0 Å². The average molecular weight is 211 g/mol. The minimum absolute atomic E-state index is 1.05. The Bertz CT molecular complexity index is 521. The molecule has 0 saturated heterocycles. The summed E-state index contributed by atoms with van der Waals surface area (Å²) in [6.45, 7) is 0. The van der Waals surface area contributed by atoms with Gasteiger partial charge in [0.15, 0.2) is 0 Å². The van der Waals surface area contributed by atoms with Crippen LogP contribution in [-0.4, -0.2) is 5.04 Å². The molecule has 15 heavy (non-hydrogen) atoms. The van der Waals surface area contributed by atoms with Crippen LogP contribution >= 0.6 is 11.8 Å². The van der Waals surface area contributed by atoms with E-state index in [9.17, 15) is 0 Å². The highest BCUT2D eigenvalue weighted by Crippen LogP contribution is 2.30. The molecule has 72 valence electrons. The van der Waals surface area contributed by atoms with E-state index in [2.05, 4.69) is 46.8 Å². The Kier molecular flexibility index (Phi) is 2.07. The van der Waals surface area contributed by atoms with Crippen LogP contribution in [0.3, 0.4) is 0 Å². The van der Waals surface area contributed by atoms with Crippen LogP contribution in [0.1, 0.15) is 5.56 Å². The van der Waals surface area contributed by atoms with E-state index in [1.54, 1.807) is 11.8 Å². The van der Waals surface area contributed by atoms with E-state index in [-0.39, 0.29) is 0 Å². The van der Waals surface area contributed by atoms with Crippen LogP contribution in [0.25, 0.3) is 6.08 Å². The minimum Gasteiger partial charge on any atom is -0.241 e. The van der Waals surface area contributed by atoms with Gasteiger partial charge in [-0.15, -0.1) is 0 Å². The van der Waals surface area contributed by atoms with Crippen LogP contribution in [0.2, 0.25) is 0 Å². The lowest BCUT2D eigenvalue weighted by atomic mass is 10.1. The number of fused-ring (bicyclic) bond motifs is 2. The van der Waals surface area contributed by atoms with E-state index >= 15 is 0 Å². The van der Waals surface area contributed by atoms with Crippen molar-refractivity contribution >= 4 is 28.6 Å². The molecule has 0 amide bonds. The topological polar surface area (TPSA) is 12.4 Å². The maximum atomic E-state index is 4.66. The highest BCUT2D eigenvalue weighted by atomic mass is 32.2. The third-order valence-corrected chi connectivity index (χ3v) is 3.23. The second-order valence-corrected chi connectivity index (χ2v) is 4.27. The molecule has 0 aliphatic carbocycles. The van der Waals surface area contributed by atoms with Crippen LogP contribution in [0.4, 0.5) is 5.69 Å². The molecule has 2 aliphatic heterocycles. The number of benzene rings is 1. The number of rotatable bonds is 0. The van der Waals surface area contributed by atoms with Crippen molar-refractivity contribution in [3.63, 3.8) is 0 Å². The second kappa shape index (κ2) is 3.55. The van der Waals surface area contributed by atoms with E-state index in [1.807, 2.05) is 12.1 Å². The van der Waals surface area contributed by atoms with Crippen molar-refractivity contribution in [2.24, 2.45) is 4.99 Å². The predicted molar refractivity (Wildman–Crippen MR) is 67.4 cm³/mol. The fourth-order valence-corrected chi connectivity index (χ4v) is 2.33. The molecule has 1 aromatic rings. The highest BCUT2D eigenvalue weighted by molar-refractivity contribution is 8.17. The molecule has 2 heterocycles. The van der Waals surface area contributed by atoms with Gasteiger partial charge in [0.25, 0.3) is 0 Å². The monoisotopic (exact) mass is 211 g/mol. The molecule has 1 nitrogen and oxygen atoms in total. The Labute approximate surface area is 92.9 Å². The summed E-state index contributed by atoms with van der Waals surface area (Å²) in [6, 6.07) is 8.20. The molecule has 0 aromatic heterocycles. The zero-order chi connectivity index (χ0) is 10.1. The molecule has 0 atom stereocenters. The summed E-state index contributed by atoms with van der Waals surface area (Å²) in [5.74, 6) is 0. The van der Waals surface area contributed by atoms with Crippen LogP contribution < -0.4 is 0 Å². The van der Waals surface area contributed by atoms with Crippen molar-refractivity contribution < 1.29 is 0 Å². The molecule has 0 spiro atoms. The Hall–Kier alpha value is -1.54. The first-order valence-corrected chi connectivity index (χ1v) is 5.71. The normalized spacial score (nSPS) is 17.3. The molecule has 0 unspecified atom stereocenters. The average Bonchev–Trinajstić information content (AvgIpc) is 2.48. The number of nitrogens with zero attached hydrogens (tertiary/aromatic N) is 1. The van der Waals surface area contributed by atoms with Gasteiger partial charge in [-0.1, -0.05) is 54.3 Å². The van der Waals surface area contributed by atoms with Gasteiger partial charge in [0.05, 0.1) is 5.69 Å². The van der Waals surface area contributed by atoms with E-state index in [4.69, 9.17) is 0 Å². The Morgan fingerprint density at radius 2 is 2.00 bits per heavy atom. The van der Waals surface area contributed by atoms with E-state index in [0.29, 0.717) is 0 Å². The molecule has 2 heteroatoms. The summed E-state index contributed by atoms with van der Waals surface area (Å²) in [5, 5.41) is 3.14. The largest absolute Gasteiger partial charge is 0.241 e. The lowest BCUT2D eigenvalue weighted by molar-refractivity contribution is 1.51. The van der Waals surface area contributed by atoms with Crippen LogP contribution in [0.15, 0.2) is 58.5 Å². The molecular weight excluding hydrogens is 202 g/mol. The van der Waals surface area contributed by atoms with Crippen LogP contribution in [0, 0.1) is 0 Å². The minimum atomic E-state index is 1.05. The first-order chi connectivity index (χ1) is 7.43. The number of para-hydroxylation sites is 1. The number of aliphatic imine (C=N–C) groups is 1. The van der Waals surface area contributed by atoms with Crippen LogP contribution in [-0.2, 0) is 0 Å². The first kappa shape index (κ1) is 8.74. The van der Waals surface area contributed by atoms with E-state index < -0.39 is 0 Å². The smallest absolute Gasteiger partial charge is 0.108 e. The lowest BCUT2D eigenvalue weighted by Gasteiger charge is -2.05. The fourth-order valence-electron chi connectivity index (χ4n) is 1.62. The molecule has 0 fully saturated rings. The highest BCUT2D eigenvalue weighted by Gasteiger charge is 2.11. The molecule has 0 bridgehead atoms. The third-order valence-electron chi connectivity index (χ3n) is 2.38. The summed E-state index contributed by atoms with van der Waals surface area (Å²) in [6.07, 6.45) is 8.40. The Balaban J connectivity index is 2.20. The van der Waals surface area contributed by atoms with Crippen molar-refractivity contribution in [1.29, 1.82) is 0 Å². The standard InChI is InChI=1S/C13H9NS/c1-2-6-12-10(4-1)7-8-11-5-3-9-15-13(11)14-12/h1-9H. The zero-order valence-corrected chi connectivity index (χ0v) is 8.87. The van der Waals surface area contributed by atoms with E-state index in [0.717, 1.165) is 10.7 Å². The quantitative estimate of drug-likeness (QED) is 0.633. The molecule has 0 saturated carbocycles. The molecule has 3 rings (SSSR count). The van der Waals surface area contributed by atoms with Gasteiger partial charge in [-0.05, 0) is 11.5 Å². The molecule has 1 aromatic carbocycles. The van der Waals surface area contributed by atoms with Gasteiger partial charge in [0.2, 0.25) is 0 Å². The van der Waals surface area contributed by atoms with Gasteiger partial charge in [0, 0.05) is 11.1 Å². The summed E-state index contributed by atoms with van der Waals surface area (Å²) >= 11 is 1.67. The summed E-state index contributed by atoms with van der Waals surface area (Å²) in [7, 11) is 0. The zero-order valence-electron chi connectivity index (χ0n) is 8.05. The Morgan fingerprint density at radius 3 is 3.00 bits per heavy atom. The maximum absolute atomic E-state index is 4.66. The molecule has 0 radical (unpaired) electrons. The second-order valence-electron chi connectivity index (χ2n) is 3.38. The Morgan fingerprint density at radius 1 is 1.07 bits per heavy atom. The fraction of sp³-hybridized carbons (Fsp3) is 0. The number of hydrogen-bond donors (Lipinski definition) is 0. The summed E-state index contributed by atoms with van der Waals surface area (Å²) in [5.41, 5.74) is 3.43. The lowest BCUT2D eigenvalue weighted by Crippen LogP contribution is -1.94. The van der Waals surface area contributed by atoms with Gasteiger partial charge in [0.1, 0.15) is 5.04 Å². The molecular formula is C13H9NS. The number of hydrogen-bond acceptors (Lipinski definition) is 2. The molecule has 2 aliphatic rings. The van der Waals surface area contributed by atoms with Crippen molar-refractivity contribution in [3.8, 4) is 0 Å². The predicted octanol–water partition coefficient (Wildman–Crippen LogP) is 3.93. The number of thioether (sulfide) groups is 1. The summed E-state index contributed by atoms with van der Waals surface area (Å²) in [4.78, 5) is 4.66. The van der Waals surface area contributed by atoms with Gasteiger partial charge in [-0.2, -0.15) is 0 Å². The summed E-state index contributed by atoms with van der Waals surface area (Å²) < 4.78 is 0. The van der Waals surface area contributed by atoms with Crippen molar-refractivity contribution in [2.75, 3.05) is 0 Å². The van der Waals surface area contributed by atoms with Gasteiger partial charge >= 0.3 is 0 Å². The van der Waals surface area contributed by atoms with Crippen molar-refractivity contribution in [2.45, 2.75) is 0 Å². The third kappa shape index (κ3) is 1.57. The van der Waals surface area contributed by atoms with Crippen LogP contribution in [0.5, 0.6) is 0 Å². The van der Waals surface area contributed by atoms with Crippen molar-refractivity contribution in [3.05, 3.63) is 59.0 Å². The number of allylic oxidation sites excluding steroid dienone is 3. The SMILES string of the molecule is C1=CSC2=Nc3ccccc3C=CC2=C1. The van der Waals surface area contributed by atoms with Gasteiger partial charge in [-0.25, -0.2) is 4.99 Å². The van der Waals surface area contributed by atoms with E-state index in [1.165, 1.54) is 11.1 Å². The first-order valence-electron chi connectivity index (χ1n) is 4.83. The van der Waals surface area contributed by atoms with Gasteiger partial charge < -0.3 is 0 Å². The molecule has 0 N–H and O–H groups in total. The maximum Gasteiger partial charge on any atom is 0.108 e. The van der Waals surface area contributed by atoms with Gasteiger partial charge in [-0.3, -0.25) is 0 Å².